The average Bonchev–Trinajstić information content (AvgIpc) is 2.65. The van der Waals surface area contributed by atoms with Crippen LogP contribution in [0.25, 0.3) is 0 Å². The third-order valence-corrected chi connectivity index (χ3v) is 4.20. The lowest BCUT2D eigenvalue weighted by Crippen LogP contribution is -2.35. The Balaban J connectivity index is 1.82. The van der Waals surface area contributed by atoms with Gasteiger partial charge in [-0.15, -0.1) is 11.3 Å². The monoisotopic (exact) mass is 224 g/mol. The van der Waals surface area contributed by atoms with Crippen LogP contribution in [-0.4, -0.2) is 24.5 Å². The first-order chi connectivity index (χ1) is 7.28. The van der Waals surface area contributed by atoms with Crippen LogP contribution in [0.3, 0.4) is 0 Å². The van der Waals surface area contributed by atoms with Gasteiger partial charge in [0.25, 0.3) is 0 Å². The van der Waals surface area contributed by atoms with Gasteiger partial charge in [0.2, 0.25) is 0 Å². The summed E-state index contributed by atoms with van der Waals surface area (Å²) < 4.78 is 0. The Bertz CT molecular complexity index is 300. The molecule has 3 heteroatoms. The van der Waals surface area contributed by atoms with Crippen LogP contribution in [0.5, 0.6) is 0 Å². The van der Waals surface area contributed by atoms with Crippen LogP contribution in [-0.2, 0) is 6.54 Å². The Kier molecular flexibility index (Phi) is 3.78. The van der Waals surface area contributed by atoms with Gasteiger partial charge in [0.05, 0.1) is 0 Å². The van der Waals surface area contributed by atoms with E-state index in [-0.39, 0.29) is 0 Å². The summed E-state index contributed by atoms with van der Waals surface area (Å²) in [7, 11) is 0. The van der Waals surface area contributed by atoms with Crippen molar-refractivity contribution < 1.29 is 0 Å². The summed E-state index contributed by atoms with van der Waals surface area (Å²) in [6, 6.07) is 4.47. The summed E-state index contributed by atoms with van der Waals surface area (Å²) in [6.45, 7) is 6.62. The van der Waals surface area contributed by atoms with E-state index < -0.39 is 0 Å². The third kappa shape index (κ3) is 3.03. The molecule has 15 heavy (non-hydrogen) atoms. The maximum absolute atomic E-state index is 5.69. The number of hydrogen-bond acceptors (Lipinski definition) is 3. The first-order valence-corrected chi connectivity index (χ1v) is 6.57. The minimum atomic E-state index is 0.770. The molecule has 1 aromatic rings. The highest BCUT2D eigenvalue weighted by atomic mass is 32.1. The lowest BCUT2D eigenvalue weighted by molar-refractivity contribution is 0.182. The molecule has 0 aliphatic carbocycles. The quantitative estimate of drug-likeness (QED) is 0.853. The maximum Gasteiger partial charge on any atom is 0.0328 e. The molecule has 1 saturated heterocycles. The minimum absolute atomic E-state index is 0.770. The predicted octanol–water partition coefficient (Wildman–Crippen LogP) is 2.23. The molecule has 0 bridgehead atoms. The molecule has 0 atom stereocenters. The molecular weight excluding hydrogens is 204 g/mol. The summed E-state index contributed by atoms with van der Waals surface area (Å²) in [5.74, 6) is 0.770. The fourth-order valence-electron chi connectivity index (χ4n) is 2.17. The van der Waals surface area contributed by atoms with Crippen molar-refractivity contribution in [2.75, 3.05) is 19.6 Å². The van der Waals surface area contributed by atoms with Crippen molar-refractivity contribution in [2.24, 2.45) is 11.7 Å². The zero-order valence-corrected chi connectivity index (χ0v) is 10.2. The molecule has 1 aliphatic rings. The van der Waals surface area contributed by atoms with E-state index in [1.807, 2.05) is 11.3 Å². The van der Waals surface area contributed by atoms with E-state index in [0.29, 0.717) is 0 Å². The topological polar surface area (TPSA) is 29.3 Å². The van der Waals surface area contributed by atoms with Gasteiger partial charge in [-0.1, -0.05) is 0 Å². The van der Waals surface area contributed by atoms with E-state index in [2.05, 4.69) is 24.0 Å². The molecule has 0 saturated carbocycles. The fraction of sp³-hybridized carbons (Fsp3) is 0.667. The van der Waals surface area contributed by atoms with Gasteiger partial charge < -0.3 is 5.73 Å². The van der Waals surface area contributed by atoms with Gasteiger partial charge in [-0.25, -0.2) is 0 Å². The van der Waals surface area contributed by atoms with Crippen LogP contribution < -0.4 is 5.73 Å². The molecule has 2 nitrogen and oxygen atoms in total. The lowest BCUT2D eigenvalue weighted by Gasteiger charge is -2.30. The van der Waals surface area contributed by atoms with Crippen molar-refractivity contribution in [3.63, 3.8) is 0 Å². The van der Waals surface area contributed by atoms with E-state index in [4.69, 9.17) is 5.73 Å². The number of likely N-dealkylation sites (tertiary alicyclic amines) is 1. The number of thiophene rings is 1. The third-order valence-electron chi connectivity index (χ3n) is 3.22. The molecule has 0 radical (unpaired) electrons. The van der Waals surface area contributed by atoms with Crippen LogP contribution in [0.1, 0.15) is 22.6 Å². The molecule has 2 N–H and O–H groups in total. The molecule has 0 spiro atoms. The van der Waals surface area contributed by atoms with Gasteiger partial charge in [-0.05, 0) is 57.5 Å². The fourth-order valence-corrected chi connectivity index (χ4v) is 3.10. The molecule has 0 unspecified atom stereocenters. The predicted molar refractivity (Wildman–Crippen MR) is 66.1 cm³/mol. The molecule has 1 aromatic heterocycles. The van der Waals surface area contributed by atoms with Crippen LogP contribution in [0, 0.1) is 12.8 Å². The van der Waals surface area contributed by atoms with Crippen molar-refractivity contribution in [1.82, 2.24) is 4.90 Å². The normalized spacial score (nSPS) is 19.6. The van der Waals surface area contributed by atoms with E-state index in [1.54, 1.807) is 0 Å². The highest BCUT2D eigenvalue weighted by Crippen LogP contribution is 2.21. The summed E-state index contributed by atoms with van der Waals surface area (Å²) in [5.41, 5.74) is 5.69. The lowest BCUT2D eigenvalue weighted by atomic mass is 9.97. The van der Waals surface area contributed by atoms with Crippen molar-refractivity contribution in [2.45, 2.75) is 26.3 Å². The van der Waals surface area contributed by atoms with Crippen molar-refractivity contribution in [3.05, 3.63) is 21.9 Å². The molecule has 1 fully saturated rings. The van der Waals surface area contributed by atoms with Crippen molar-refractivity contribution in [1.29, 1.82) is 0 Å². The molecule has 84 valence electrons. The zero-order chi connectivity index (χ0) is 10.7. The Morgan fingerprint density at radius 2 is 2.13 bits per heavy atom. The first kappa shape index (κ1) is 11.1. The highest BCUT2D eigenvalue weighted by Gasteiger charge is 2.18. The summed E-state index contributed by atoms with van der Waals surface area (Å²) in [4.78, 5) is 5.47. The van der Waals surface area contributed by atoms with Gasteiger partial charge >= 0.3 is 0 Å². The van der Waals surface area contributed by atoms with Gasteiger partial charge in [-0.3, -0.25) is 4.90 Å². The average molecular weight is 224 g/mol. The number of rotatable bonds is 3. The van der Waals surface area contributed by atoms with E-state index in [9.17, 15) is 0 Å². The van der Waals surface area contributed by atoms with Gasteiger partial charge in [0, 0.05) is 16.3 Å². The molecule has 2 heterocycles. The van der Waals surface area contributed by atoms with Crippen LogP contribution in [0.2, 0.25) is 0 Å². The Morgan fingerprint density at radius 3 is 2.67 bits per heavy atom. The molecular formula is C12H20N2S. The minimum Gasteiger partial charge on any atom is -0.330 e. The second-order valence-electron chi connectivity index (χ2n) is 4.47. The summed E-state index contributed by atoms with van der Waals surface area (Å²) >= 11 is 1.92. The second kappa shape index (κ2) is 5.10. The number of nitrogens with zero attached hydrogens (tertiary/aromatic N) is 1. The summed E-state index contributed by atoms with van der Waals surface area (Å²) in [5, 5.41) is 0. The Labute approximate surface area is 96.1 Å². The number of aryl methyl sites for hydroxylation is 1. The molecule has 0 aromatic carbocycles. The van der Waals surface area contributed by atoms with E-state index in [0.717, 1.165) is 19.0 Å². The first-order valence-electron chi connectivity index (χ1n) is 5.75. The largest absolute Gasteiger partial charge is 0.330 e. The smallest absolute Gasteiger partial charge is 0.0328 e. The second-order valence-corrected chi connectivity index (χ2v) is 5.84. The number of piperidine rings is 1. The molecule has 0 amide bonds. The number of hydrogen-bond donors (Lipinski definition) is 1. The van der Waals surface area contributed by atoms with Gasteiger partial charge in [0.15, 0.2) is 0 Å². The van der Waals surface area contributed by atoms with Crippen LogP contribution in [0.4, 0.5) is 0 Å². The Hall–Kier alpha value is -0.380. The van der Waals surface area contributed by atoms with Crippen molar-refractivity contribution in [3.8, 4) is 0 Å². The van der Waals surface area contributed by atoms with E-state index in [1.165, 1.54) is 35.7 Å². The van der Waals surface area contributed by atoms with Crippen LogP contribution >= 0.6 is 11.3 Å². The standard InChI is InChI=1S/C12H20N2S/c1-10-2-3-12(15-10)9-14-6-4-11(8-13)5-7-14/h2-3,11H,4-9,13H2,1H3. The van der Waals surface area contributed by atoms with Gasteiger partial charge in [0.1, 0.15) is 0 Å². The van der Waals surface area contributed by atoms with E-state index >= 15 is 0 Å². The SMILES string of the molecule is Cc1ccc(CN2CCC(CN)CC2)s1. The summed E-state index contributed by atoms with van der Waals surface area (Å²) in [6.07, 6.45) is 2.56. The number of nitrogens with two attached hydrogens (primary N) is 1. The Morgan fingerprint density at radius 1 is 1.40 bits per heavy atom. The van der Waals surface area contributed by atoms with Crippen LogP contribution in [0.15, 0.2) is 12.1 Å². The van der Waals surface area contributed by atoms with Gasteiger partial charge in [-0.2, -0.15) is 0 Å². The molecule has 2 rings (SSSR count). The highest BCUT2D eigenvalue weighted by molar-refractivity contribution is 7.11. The zero-order valence-electron chi connectivity index (χ0n) is 9.41. The maximum atomic E-state index is 5.69. The molecule has 1 aliphatic heterocycles. The van der Waals surface area contributed by atoms with Crippen molar-refractivity contribution >= 4 is 11.3 Å².